The van der Waals surface area contributed by atoms with E-state index in [4.69, 9.17) is 14.2 Å². The summed E-state index contributed by atoms with van der Waals surface area (Å²) in [7, 11) is 1.63. The van der Waals surface area contributed by atoms with E-state index in [-0.39, 0.29) is 24.3 Å². The summed E-state index contributed by atoms with van der Waals surface area (Å²) < 4.78 is 17.8. The lowest BCUT2D eigenvalue weighted by Gasteiger charge is -2.19. The van der Waals surface area contributed by atoms with Crippen LogP contribution in [0.5, 0.6) is 17.2 Å². The van der Waals surface area contributed by atoms with E-state index in [1.54, 1.807) is 27.2 Å². The second-order valence-corrected chi connectivity index (χ2v) is 8.46. The van der Waals surface area contributed by atoms with Gasteiger partial charge in [0, 0.05) is 24.4 Å². The second-order valence-electron chi connectivity index (χ2n) is 8.46. The van der Waals surface area contributed by atoms with Crippen molar-refractivity contribution in [2.75, 3.05) is 7.11 Å². The van der Waals surface area contributed by atoms with Crippen LogP contribution in [0.25, 0.3) is 10.9 Å². The zero-order valence-electron chi connectivity index (χ0n) is 20.6. The number of hydrogen-bond donors (Lipinski definition) is 0. The fourth-order valence-electron chi connectivity index (χ4n) is 3.88. The molecule has 1 heterocycles. The molecule has 0 atom stereocenters. The van der Waals surface area contributed by atoms with Crippen molar-refractivity contribution in [1.82, 2.24) is 4.98 Å². The van der Waals surface area contributed by atoms with Crippen LogP contribution in [-0.2, 0) is 22.6 Å². The van der Waals surface area contributed by atoms with Gasteiger partial charge in [-0.2, -0.15) is 0 Å². The highest BCUT2D eigenvalue weighted by atomic mass is 16.5. The average Bonchev–Trinajstić information content (AvgIpc) is 2.85. The third-order valence-electron chi connectivity index (χ3n) is 5.71. The standard InChI is InChI=1S/C28H33NO5/c1-6-25(30)23(26(31)7-2)14-19-10-8-9-11-27(19)33-17-20-16-29-24-13-12-21(32-5)15-22(24)28(20)34-18(3)4/h8-13,15-16,18,23H,6-7,14,17H2,1-5H3. The number of methoxy groups -OCH3 is 1. The first-order valence-electron chi connectivity index (χ1n) is 11.8. The molecule has 1 aromatic heterocycles. The van der Waals surface area contributed by atoms with E-state index in [9.17, 15) is 9.59 Å². The van der Waals surface area contributed by atoms with Crippen LogP contribution in [0.4, 0.5) is 0 Å². The summed E-state index contributed by atoms with van der Waals surface area (Å²) in [6, 6.07) is 13.2. The van der Waals surface area contributed by atoms with Gasteiger partial charge in [0.2, 0.25) is 0 Å². The highest BCUT2D eigenvalue weighted by Gasteiger charge is 2.25. The van der Waals surface area contributed by atoms with Gasteiger partial charge in [-0.05, 0) is 50.1 Å². The molecule has 0 aliphatic carbocycles. The number of fused-ring (bicyclic) bond motifs is 1. The van der Waals surface area contributed by atoms with Crippen molar-refractivity contribution in [3.8, 4) is 17.2 Å². The molecule has 6 nitrogen and oxygen atoms in total. The van der Waals surface area contributed by atoms with Crippen molar-refractivity contribution < 1.29 is 23.8 Å². The van der Waals surface area contributed by atoms with Crippen LogP contribution in [0.3, 0.4) is 0 Å². The van der Waals surface area contributed by atoms with E-state index in [2.05, 4.69) is 4.98 Å². The number of carbonyl (C=O) groups is 2. The van der Waals surface area contributed by atoms with E-state index >= 15 is 0 Å². The maximum absolute atomic E-state index is 12.4. The average molecular weight is 464 g/mol. The molecule has 0 saturated carbocycles. The lowest BCUT2D eigenvalue weighted by molar-refractivity contribution is -0.132. The third kappa shape index (κ3) is 5.93. The van der Waals surface area contributed by atoms with Crippen molar-refractivity contribution in [2.45, 2.75) is 59.7 Å². The molecule has 0 amide bonds. The summed E-state index contributed by atoms with van der Waals surface area (Å²) in [6.07, 6.45) is 2.73. The number of hydrogen-bond acceptors (Lipinski definition) is 6. The van der Waals surface area contributed by atoms with Crippen LogP contribution < -0.4 is 14.2 Å². The molecule has 0 saturated heterocycles. The maximum atomic E-state index is 12.4. The number of pyridine rings is 1. The van der Waals surface area contributed by atoms with Gasteiger partial charge in [-0.15, -0.1) is 0 Å². The molecule has 0 bridgehead atoms. The molecule has 0 N–H and O–H groups in total. The van der Waals surface area contributed by atoms with Gasteiger partial charge in [0.05, 0.1) is 30.2 Å². The van der Waals surface area contributed by atoms with Gasteiger partial charge in [0.15, 0.2) is 0 Å². The Morgan fingerprint density at radius 3 is 2.32 bits per heavy atom. The van der Waals surface area contributed by atoms with Crippen molar-refractivity contribution in [3.05, 3.63) is 59.8 Å². The monoisotopic (exact) mass is 463 g/mol. The number of Topliss-reactive ketones (excluding diaryl/α,β-unsaturated/α-hetero) is 2. The Labute approximate surface area is 201 Å². The zero-order valence-corrected chi connectivity index (χ0v) is 20.6. The number of ketones is 2. The largest absolute Gasteiger partial charge is 0.497 e. The smallest absolute Gasteiger partial charge is 0.143 e. The van der Waals surface area contributed by atoms with Crippen LogP contribution in [-0.4, -0.2) is 29.8 Å². The molecule has 0 unspecified atom stereocenters. The van der Waals surface area contributed by atoms with Gasteiger partial charge < -0.3 is 14.2 Å². The van der Waals surface area contributed by atoms with Crippen LogP contribution in [0.2, 0.25) is 0 Å². The minimum Gasteiger partial charge on any atom is -0.497 e. The summed E-state index contributed by atoms with van der Waals surface area (Å²) in [4.78, 5) is 29.4. The number of nitrogens with zero attached hydrogens (tertiary/aromatic N) is 1. The number of para-hydroxylation sites is 1. The summed E-state index contributed by atoms with van der Waals surface area (Å²) in [5.41, 5.74) is 2.44. The second kappa shape index (κ2) is 11.6. The topological polar surface area (TPSA) is 74.7 Å². The maximum Gasteiger partial charge on any atom is 0.143 e. The predicted octanol–water partition coefficient (Wildman–Crippen LogP) is 5.73. The molecule has 2 aromatic carbocycles. The van der Waals surface area contributed by atoms with Crippen LogP contribution in [0.15, 0.2) is 48.7 Å². The zero-order chi connectivity index (χ0) is 24.7. The van der Waals surface area contributed by atoms with Gasteiger partial charge >= 0.3 is 0 Å². The van der Waals surface area contributed by atoms with E-state index in [1.165, 1.54) is 0 Å². The normalized spacial score (nSPS) is 11.1. The van der Waals surface area contributed by atoms with Crippen molar-refractivity contribution in [1.29, 1.82) is 0 Å². The molecule has 0 fully saturated rings. The Hall–Kier alpha value is -3.41. The summed E-state index contributed by atoms with van der Waals surface area (Å²) in [5.74, 6) is 1.34. The van der Waals surface area contributed by atoms with Crippen LogP contribution >= 0.6 is 0 Å². The molecule has 3 aromatic rings. The first-order valence-corrected chi connectivity index (χ1v) is 11.8. The molecule has 0 radical (unpaired) electrons. The van der Waals surface area contributed by atoms with Crippen LogP contribution in [0.1, 0.15) is 51.7 Å². The summed E-state index contributed by atoms with van der Waals surface area (Å²) in [6.45, 7) is 7.76. The number of rotatable bonds is 12. The lowest BCUT2D eigenvalue weighted by Crippen LogP contribution is -2.25. The Kier molecular flexibility index (Phi) is 8.63. The van der Waals surface area contributed by atoms with E-state index in [0.717, 1.165) is 27.8 Å². The predicted molar refractivity (Wildman–Crippen MR) is 133 cm³/mol. The molecule has 0 aliphatic rings. The summed E-state index contributed by atoms with van der Waals surface area (Å²) >= 11 is 0. The Bertz CT molecular complexity index is 1140. The summed E-state index contributed by atoms with van der Waals surface area (Å²) in [5, 5.41) is 0.851. The number of carbonyl (C=O) groups excluding carboxylic acids is 2. The van der Waals surface area contributed by atoms with E-state index in [1.807, 2.05) is 56.3 Å². The van der Waals surface area contributed by atoms with E-state index in [0.29, 0.717) is 30.8 Å². The Balaban J connectivity index is 1.91. The quantitative estimate of drug-likeness (QED) is 0.320. The minimum absolute atomic E-state index is 0.0382. The van der Waals surface area contributed by atoms with Crippen molar-refractivity contribution in [2.24, 2.45) is 5.92 Å². The first kappa shape index (κ1) is 25.2. The molecule has 0 aliphatic heterocycles. The third-order valence-corrected chi connectivity index (χ3v) is 5.71. The van der Waals surface area contributed by atoms with Crippen molar-refractivity contribution >= 4 is 22.5 Å². The highest BCUT2D eigenvalue weighted by Crippen LogP contribution is 2.33. The molecule has 180 valence electrons. The van der Waals surface area contributed by atoms with E-state index < -0.39 is 5.92 Å². The van der Waals surface area contributed by atoms with Crippen LogP contribution in [0, 0.1) is 5.92 Å². The van der Waals surface area contributed by atoms with Gasteiger partial charge in [-0.3, -0.25) is 14.6 Å². The first-order chi connectivity index (χ1) is 16.4. The number of benzene rings is 2. The van der Waals surface area contributed by atoms with Gasteiger partial charge in [-0.25, -0.2) is 0 Å². The lowest BCUT2D eigenvalue weighted by atomic mass is 9.88. The molecule has 0 spiro atoms. The Morgan fingerprint density at radius 1 is 0.971 bits per heavy atom. The molecule has 3 rings (SSSR count). The molecule has 6 heteroatoms. The molecule has 34 heavy (non-hydrogen) atoms. The highest BCUT2D eigenvalue weighted by molar-refractivity contribution is 6.02. The number of aromatic nitrogens is 1. The van der Waals surface area contributed by atoms with Gasteiger partial charge in [0.1, 0.15) is 35.4 Å². The van der Waals surface area contributed by atoms with Gasteiger partial charge in [0.25, 0.3) is 0 Å². The fourth-order valence-corrected chi connectivity index (χ4v) is 3.88. The minimum atomic E-state index is -0.644. The van der Waals surface area contributed by atoms with Crippen molar-refractivity contribution in [3.63, 3.8) is 0 Å². The SMILES string of the molecule is CCC(=O)C(Cc1ccccc1OCc1cnc2ccc(OC)cc2c1OC(C)C)C(=O)CC. The molecular formula is C28H33NO5. The number of ether oxygens (including phenoxy) is 3. The van der Waals surface area contributed by atoms with Gasteiger partial charge in [-0.1, -0.05) is 32.0 Å². The Morgan fingerprint density at radius 2 is 1.68 bits per heavy atom. The molecular weight excluding hydrogens is 430 g/mol. The fraction of sp³-hybridized carbons (Fsp3) is 0.393.